The lowest BCUT2D eigenvalue weighted by Crippen LogP contribution is -1.95. The van der Waals surface area contributed by atoms with E-state index in [4.69, 9.17) is 10.5 Å². The maximum Gasteiger partial charge on any atom is 0.132 e. The third kappa shape index (κ3) is 3.51. The van der Waals surface area contributed by atoms with Crippen molar-refractivity contribution in [2.45, 2.75) is 0 Å². The Bertz CT molecular complexity index is 712. The molecule has 2 aromatic carbocycles. The minimum atomic E-state index is 0.677. The molecule has 0 bridgehead atoms. The second-order valence-electron chi connectivity index (χ2n) is 4.54. The van der Waals surface area contributed by atoms with E-state index < -0.39 is 0 Å². The first-order valence-electron chi connectivity index (χ1n) is 6.61. The molecule has 0 atom stereocenters. The zero-order chi connectivity index (χ0) is 14.5. The molecule has 0 radical (unpaired) electrons. The lowest BCUT2D eigenvalue weighted by molar-refractivity contribution is 0.483. The van der Waals surface area contributed by atoms with Crippen molar-refractivity contribution in [3.63, 3.8) is 0 Å². The number of hydrogen-bond acceptors (Lipinski definition) is 4. The van der Waals surface area contributed by atoms with E-state index in [1.807, 2.05) is 54.6 Å². The summed E-state index contributed by atoms with van der Waals surface area (Å²) in [5.41, 5.74) is 7.32. The van der Waals surface area contributed by atoms with E-state index in [0.717, 1.165) is 17.2 Å². The summed E-state index contributed by atoms with van der Waals surface area (Å²) in [6.45, 7) is 0. The van der Waals surface area contributed by atoms with Gasteiger partial charge in [0.25, 0.3) is 0 Å². The SMILES string of the molecule is Nc1ccnc(Nc2ccc(Oc3ccccc3)cc2)c1. The predicted octanol–water partition coefficient (Wildman–Crippen LogP) is 4.20. The van der Waals surface area contributed by atoms with Crippen molar-refractivity contribution in [2.24, 2.45) is 0 Å². The average Bonchev–Trinajstić information content (AvgIpc) is 2.50. The molecule has 104 valence electrons. The quantitative estimate of drug-likeness (QED) is 0.750. The van der Waals surface area contributed by atoms with Gasteiger partial charge in [-0.05, 0) is 42.5 Å². The summed E-state index contributed by atoms with van der Waals surface area (Å²) in [4.78, 5) is 4.20. The number of nitrogens with zero attached hydrogens (tertiary/aromatic N) is 1. The molecule has 0 fully saturated rings. The van der Waals surface area contributed by atoms with Crippen LogP contribution in [0.1, 0.15) is 0 Å². The number of nitrogens with one attached hydrogen (secondary N) is 1. The maximum absolute atomic E-state index is 5.74. The van der Waals surface area contributed by atoms with E-state index in [9.17, 15) is 0 Å². The molecule has 3 N–H and O–H groups in total. The normalized spacial score (nSPS) is 10.1. The average molecular weight is 277 g/mol. The highest BCUT2D eigenvalue weighted by molar-refractivity contribution is 5.60. The molecule has 1 heterocycles. The van der Waals surface area contributed by atoms with Gasteiger partial charge >= 0.3 is 0 Å². The number of anilines is 3. The summed E-state index contributed by atoms with van der Waals surface area (Å²) in [6.07, 6.45) is 1.67. The zero-order valence-electron chi connectivity index (χ0n) is 11.4. The molecule has 4 heteroatoms. The lowest BCUT2D eigenvalue weighted by Gasteiger charge is -2.08. The summed E-state index contributed by atoms with van der Waals surface area (Å²) in [5, 5.41) is 3.19. The molecule has 21 heavy (non-hydrogen) atoms. The van der Waals surface area contributed by atoms with Gasteiger partial charge in [0, 0.05) is 23.6 Å². The van der Waals surface area contributed by atoms with Crippen LogP contribution in [-0.4, -0.2) is 4.98 Å². The molecule has 0 aliphatic heterocycles. The molecular formula is C17H15N3O. The Hall–Kier alpha value is -3.01. The summed E-state index contributed by atoms with van der Waals surface area (Å²) in [5.74, 6) is 2.31. The smallest absolute Gasteiger partial charge is 0.132 e. The van der Waals surface area contributed by atoms with Crippen LogP contribution in [0.4, 0.5) is 17.2 Å². The van der Waals surface area contributed by atoms with Crippen LogP contribution in [0.2, 0.25) is 0 Å². The predicted molar refractivity (Wildman–Crippen MR) is 84.9 cm³/mol. The molecule has 0 amide bonds. The molecule has 0 aliphatic carbocycles. The van der Waals surface area contributed by atoms with Gasteiger partial charge < -0.3 is 15.8 Å². The van der Waals surface area contributed by atoms with Gasteiger partial charge in [0.2, 0.25) is 0 Å². The molecule has 0 saturated heterocycles. The first-order valence-corrected chi connectivity index (χ1v) is 6.61. The molecule has 1 aromatic heterocycles. The van der Waals surface area contributed by atoms with Crippen molar-refractivity contribution in [1.29, 1.82) is 0 Å². The number of rotatable bonds is 4. The summed E-state index contributed by atoms with van der Waals surface area (Å²) in [7, 11) is 0. The van der Waals surface area contributed by atoms with Crippen LogP contribution in [0, 0.1) is 0 Å². The highest BCUT2D eigenvalue weighted by atomic mass is 16.5. The van der Waals surface area contributed by atoms with E-state index in [0.29, 0.717) is 11.5 Å². The van der Waals surface area contributed by atoms with E-state index in [-0.39, 0.29) is 0 Å². The molecule has 0 spiro atoms. The molecule has 4 nitrogen and oxygen atoms in total. The molecule has 3 aromatic rings. The third-order valence-corrected chi connectivity index (χ3v) is 2.89. The minimum Gasteiger partial charge on any atom is -0.457 e. The molecule has 3 rings (SSSR count). The van der Waals surface area contributed by atoms with Crippen molar-refractivity contribution >= 4 is 17.2 Å². The number of pyridine rings is 1. The Morgan fingerprint density at radius 2 is 1.57 bits per heavy atom. The van der Waals surface area contributed by atoms with Crippen LogP contribution in [0.15, 0.2) is 72.9 Å². The van der Waals surface area contributed by atoms with Crippen molar-refractivity contribution in [1.82, 2.24) is 4.98 Å². The monoisotopic (exact) mass is 277 g/mol. The molecule has 0 unspecified atom stereocenters. The van der Waals surface area contributed by atoms with Crippen LogP contribution in [0.5, 0.6) is 11.5 Å². The summed E-state index contributed by atoms with van der Waals surface area (Å²) >= 11 is 0. The van der Waals surface area contributed by atoms with Crippen molar-refractivity contribution in [3.8, 4) is 11.5 Å². The number of para-hydroxylation sites is 1. The topological polar surface area (TPSA) is 60.2 Å². The van der Waals surface area contributed by atoms with Gasteiger partial charge in [-0.2, -0.15) is 0 Å². The highest BCUT2D eigenvalue weighted by Gasteiger charge is 1.99. The van der Waals surface area contributed by atoms with Gasteiger partial charge in [-0.1, -0.05) is 18.2 Å². The second-order valence-corrected chi connectivity index (χ2v) is 4.54. The van der Waals surface area contributed by atoms with Crippen LogP contribution in [0.3, 0.4) is 0 Å². The van der Waals surface area contributed by atoms with Crippen LogP contribution >= 0.6 is 0 Å². The van der Waals surface area contributed by atoms with E-state index >= 15 is 0 Å². The van der Waals surface area contributed by atoms with Crippen LogP contribution in [0.25, 0.3) is 0 Å². The maximum atomic E-state index is 5.74. The highest BCUT2D eigenvalue weighted by Crippen LogP contribution is 2.24. The fraction of sp³-hybridized carbons (Fsp3) is 0. The lowest BCUT2D eigenvalue weighted by atomic mass is 10.3. The Balaban J connectivity index is 1.69. The largest absolute Gasteiger partial charge is 0.457 e. The summed E-state index contributed by atoms with van der Waals surface area (Å²) in [6, 6.07) is 20.9. The number of nitrogens with two attached hydrogens (primary N) is 1. The number of nitrogen functional groups attached to an aromatic ring is 1. The number of hydrogen-bond donors (Lipinski definition) is 2. The Labute approximate surface area is 123 Å². The molecule has 0 saturated carbocycles. The first-order chi connectivity index (χ1) is 10.3. The fourth-order valence-corrected chi connectivity index (χ4v) is 1.89. The van der Waals surface area contributed by atoms with Crippen LogP contribution < -0.4 is 15.8 Å². The van der Waals surface area contributed by atoms with E-state index in [1.54, 1.807) is 18.3 Å². The first kappa shape index (κ1) is 13.0. The van der Waals surface area contributed by atoms with Gasteiger partial charge in [0.05, 0.1) is 0 Å². The van der Waals surface area contributed by atoms with Crippen LogP contribution in [-0.2, 0) is 0 Å². The molecular weight excluding hydrogens is 262 g/mol. The van der Waals surface area contributed by atoms with Gasteiger partial charge in [0.1, 0.15) is 17.3 Å². The minimum absolute atomic E-state index is 0.677. The van der Waals surface area contributed by atoms with Gasteiger partial charge in [-0.3, -0.25) is 0 Å². The third-order valence-electron chi connectivity index (χ3n) is 2.89. The van der Waals surface area contributed by atoms with Gasteiger partial charge in [-0.25, -0.2) is 4.98 Å². The molecule has 0 aliphatic rings. The van der Waals surface area contributed by atoms with Crippen molar-refractivity contribution in [2.75, 3.05) is 11.1 Å². The fourth-order valence-electron chi connectivity index (χ4n) is 1.89. The Kier molecular flexibility index (Phi) is 3.69. The standard InChI is InChI=1S/C17H15N3O/c18-13-10-11-19-17(12-13)20-14-6-8-16(9-7-14)21-15-4-2-1-3-5-15/h1-12H,(H3,18,19,20). The van der Waals surface area contributed by atoms with Gasteiger partial charge in [-0.15, -0.1) is 0 Å². The Morgan fingerprint density at radius 3 is 2.29 bits per heavy atom. The second kappa shape index (κ2) is 5.96. The Morgan fingerprint density at radius 1 is 0.857 bits per heavy atom. The number of benzene rings is 2. The zero-order valence-corrected chi connectivity index (χ0v) is 11.4. The number of ether oxygens (including phenoxy) is 1. The van der Waals surface area contributed by atoms with E-state index in [1.165, 1.54) is 0 Å². The summed E-state index contributed by atoms with van der Waals surface area (Å²) < 4.78 is 5.74. The number of aromatic nitrogens is 1. The van der Waals surface area contributed by atoms with Crippen molar-refractivity contribution in [3.05, 3.63) is 72.9 Å². The van der Waals surface area contributed by atoms with Gasteiger partial charge in [0.15, 0.2) is 0 Å². The van der Waals surface area contributed by atoms with E-state index in [2.05, 4.69) is 10.3 Å². The van der Waals surface area contributed by atoms with Crippen molar-refractivity contribution < 1.29 is 4.74 Å².